The maximum Gasteiger partial charge on any atom is 0.245 e. The topological polar surface area (TPSA) is 84.7 Å². The predicted octanol–water partition coefficient (Wildman–Crippen LogP) is 1.35. The van der Waals surface area contributed by atoms with Crippen LogP contribution in [0.3, 0.4) is 0 Å². The van der Waals surface area contributed by atoms with Crippen LogP contribution in [0.5, 0.6) is 0 Å². The fraction of sp³-hybridized carbons (Fsp3) is 0.615. The number of nitrogens with one attached hydrogen (secondary N) is 1. The molecule has 0 unspecified atom stereocenters. The third kappa shape index (κ3) is 5.35. The van der Waals surface area contributed by atoms with Crippen molar-refractivity contribution in [3.8, 4) is 0 Å². The highest BCUT2D eigenvalue weighted by molar-refractivity contribution is 6.19. The Hall–Kier alpha value is -1.60. The molecule has 0 aliphatic rings. The fourth-order valence-corrected chi connectivity index (χ4v) is 1.69. The molecule has 0 fully saturated rings. The minimum Gasteiger partial charge on any atom is -0.383 e. The Balaban J connectivity index is 2.68. The first-order valence-corrected chi connectivity index (χ1v) is 6.98. The van der Waals surface area contributed by atoms with Crippen molar-refractivity contribution in [2.24, 2.45) is 5.41 Å². The highest BCUT2D eigenvalue weighted by atomic mass is 35.5. The van der Waals surface area contributed by atoms with Gasteiger partial charge in [0, 0.05) is 25.6 Å². The summed E-state index contributed by atoms with van der Waals surface area (Å²) in [6.45, 7) is 4.01. The van der Waals surface area contributed by atoms with Gasteiger partial charge in [-0.15, -0.1) is 11.6 Å². The third-order valence-corrected chi connectivity index (χ3v) is 3.47. The van der Waals surface area contributed by atoms with Gasteiger partial charge < -0.3 is 19.5 Å². The lowest BCUT2D eigenvalue weighted by molar-refractivity contribution is -0.142. The summed E-state index contributed by atoms with van der Waals surface area (Å²) in [6.07, 6.45) is 1.35. The molecule has 7 nitrogen and oxygen atoms in total. The molecule has 8 heteroatoms. The van der Waals surface area contributed by atoms with E-state index in [2.05, 4.69) is 15.0 Å². The molecule has 1 aromatic heterocycles. The molecule has 0 spiro atoms. The molecule has 0 saturated carbocycles. The standard InChI is InChI=1S/C13H20ClN3O4/c1-13(2,9-14)12(19)17(5-7-20-3)8-11(18)15-10-4-6-21-16-10/h4,6H,5,7-9H2,1-3H3,(H,15,16,18). The summed E-state index contributed by atoms with van der Waals surface area (Å²) in [7, 11) is 1.53. The molecule has 1 heterocycles. The zero-order valence-corrected chi connectivity index (χ0v) is 13.1. The molecule has 2 amide bonds. The van der Waals surface area contributed by atoms with Gasteiger partial charge in [0.1, 0.15) is 12.8 Å². The van der Waals surface area contributed by atoms with Gasteiger partial charge in [-0.2, -0.15) is 0 Å². The highest BCUT2D eigenvalue weighted by Crippen LogP contribution is 2.20. The second kappa shape index (κ2) is 7.99. The number of carbonyl (C=O) groups excluding carboxylic acids is 2. The van der Waals surface area contributed by atoms with Crippen LogP contribution in [0.2, 0.25) is 0 Å². The van der Waals surface area contributed by atoms with E-state index in [4.69, 9.17) is 16.3 Å². The predicted molar refractivity (Wildman–Crippen MR) is 78.1 cm³/mol. The van der Waals surface area contributed by atoms with Gasteiger partial charge in [-0.05, 0) is 13.8 Å². The van der Waals surface area contributed by atoms with Crippen molar-refractivity contribution in [1.29, 1.82) is 0 Å². The Labute approximate surface area is 128 Å². The largest absolute Gasteiger partial charge is 0.383 e. The summed E-state index contributed by atoms with van der Waals surface area (Å²) >= 11 is 5.82. The average molecular weight is 318 g/mol. The number of alkyl halides is 1. The third-order valence-electron chi connectivity index (χ3n) is 2.81. The molecule has 0 aliphatic heterocycles. The molecule has 21 heavy (non-hydrogen) atoms. The van der Waals surface area contributed by atoms with E-state index < -0.39 is 5.41 Å². The molecular formula is C13H20ClN3O4. The van der Waals surface area contributed by atoms with Gasteiger partial charge in [-0.25, -0.2) is 0 Å². The van der Waals surface area contributed by atoms with Gasteiger partial charge >= 0.3 is 0 Å². The van der Waals surface area contributed by atoms with Crippen LogP contribution in [0.15, 0.2) is 16.9 Å². The first-order chi connectivity index (χ1) is 9.90. The monoisotopic (exact) mass is 317 g/mol. The number of halogens is 1. The van der Waals surface area contributed by atoms with Crippen molar-refractivity contribution in [1.82, 2.24) is 10.1 Å². The first kappa shape index (κ1) is 17.5. The number of aromatic nitrogens is 1. The lowest BCUT2D eigenvalue weighted by atomic mass is 9.94. The Morgan fingerprint density at radius 2 is 2.24 bits per heavy atom. The number of amides is 2. The summed E-state index contributed by atoms with van der Waals surface area (Å²) in [5.41, 5.74) is -0.747. The Kier molecular flexibility index (Phi) is 6.64. The van der Waals surface area contributed by atoms with Crippen LogP contribution in [0, 0.1) is 5.41 Å². The van der Waals surface area contributed by atoms with Crippen molar-refractivity contribution in [2.45, 2.75) is 13.8 Å². The fourth-order valence-electron chi connectivity index (χ4n) is 1.57. The number of nitrogens with zero attached hydrogens (tertiary/aromatic N) is 2. The summed E-state index contributed by atoms with van der Waals surface area (Å²) in [6, 6.07) is 1.52. The Morgan fingerprint density at radius 1 is 1.52 bits per heavy atom. The molecule has 0 radical (unpaired) electrons. The van der Waals surface area contributed by atoms with Crippen LogP contribution in [0.25, 0.3) is 0 Å². The van der Waals surface area contributed by atoms with E-state index in [1.54, 1.807) is 13.8 Å². The lowest BCUT2D eigenvalue weighted by Gasteiger charge is -2.30. The summed E-state index contributed by atoms with van der Waals surface area (Å²) in [5.74, 6) is -0.0976. The second-order valence-electron chi connectivity index (χ2n) is 5.17. The van der Waals surface area contributed by atoms with E-state index in [1.807, 2.05) is 0 Å². The van der Waals surface area contributed by atoms with Crippen LogP contribution in [-0.2, 0) is 14.3 Å². The van der Waals surface area contributed by atoms with E-state index in [0.29, 0.717) is 19.0 Å². The van der Waals surface area contributed by atoms with E-state index in [1.165, 1.54) is 24.3 Å². The van der Waals surface area contributed by atoms with E-state index in [0.717, 1.165) is 0 Å². The van der Waals surface area contributed by atoms with Gasteiger partial charge in [0.05, 0.1) is 12.0 Å². The molecule has 0 saturated heterocycles. The molecule has 1 rings (SSSR count). The quantitative estimate of drug-likeness (QED) is 0.732. The summed E-state index contributed by atoms with van der Waals surface area (Å²) in [4.78, 5) is 25.8. The van der Waals surface area contributed by atoms with Crippen molar-refractivity contribution < 1.29 is 18.8 Å². The summed E-state index contributed by atoms with van der Waals surface area (Å²) in [5, 5.41) is 6.12. The molecule has 118 valence electrons. The first-order valence-electron chi connectivity index (χ1n) is 6.45. The van der Waals surface area contributed by atoms with E-state index >= 15 is 0 Å². The number of carbonyl (C=O) groups is 2. The number of hydrogen-bond donors (Lipinski definition) is 1. The zero-order valence-electron chi connectivity index (χ0n) is 12.4. The number of hydrogen-bond acceptors (Lipinski definition) is 5. The SMILES string of the molecule is COCCN(CC(=O)Nc1ccon1)C(=O)C(C)(C)CCl. The van der Waals surface area contributed by atoms with Crippen molar-refractivity contribution in [2.75, 3.05) is 38.0 Å². The van der Waals surface area contributed by atoms with Crippen molar-refractivity contribution in [3.63, 3.8) is 0 Å². The molecule has 1 N–H and O–H groups in total. The number of methoxy groups -OCH3 is 1. The Bertz CT molecular complexity index is 462. The molecular weight excluding hydrogens is 298 g/mol. The Morgan fingerprint density at radius 3 is 2.76 bits per heavy atom. The van der Waals surface area contributed by atoms with Crippen molar-refractivity contribution >= 4 is 29.2 Å². The number of ether oxygens (including phenoxy) is 1. The van der Waals surface area contributed by atoms with Crippen LogP contribution in [0.1, 0.15) is 13.8 Å². The number of anilines is 1. The lowest BCUT2D eigenvalue weighted by Crippen LogP contribution is -2.46. The smallest absolute Gasteiger partial charge is 0.245 e. The van der Waals surface area contributed by atoms with Gasteiger partial charge in [0.25, 0.3) is 0 Å². The van der Waals surface area contributed by atoms with Gasteiger partial charge in [-0.3, -0.25) is 9.59 Å². The maximum absolute atomic E-state index is 12.4. The zero-order chi connectivity index (χ0) is 15.9. The number of rotatable bonds is 8. The van der Waals surface area contributed by atoms with Crippen LogP contribution < -0.4 is 5.32 Å². The molecule has 0 bridgehead atoms. The summed E-state index contributed by atoms with van der Waals surface area (Å²) < 4.78 is 9.59. The molecule has 0 aromatic carbocycles. The molecule has 0 aliphatic carbocycles. The van der Waals surface area contributed by atoms with Crippen molar-refractivity contribution in [3.05, 3.63) is 12.3 Å². The highest BCUT2D eigenvalue weighted by Gasteiger charge is 2.32. The van der Waals surface area contributed by atoms with Crippen LogP contribution >= 0.6 is 11.6 Å². The van der Waals surface area contributed by atoms with Crippen LogP contribution in [-0.4, -0.2) is 54.6 Å². The van der Waals surface area contributed by atoms with Gasteiger partial charge in [0.15, 0.2) is 5.82 Å². The minimum atomic E-state index is -0.747. The average Bonchev–Trinajstić information content (AvgIpc) is 2.95. The molecule has 0 atom stereocenters. The van der Waals surface area contributed by atoms with Crippen LogP contribution in [0.4, 0.5) is 5.82 Å². The normalized spacial score (nSPS) is 11.2. The second-order valence-corrected chi connectivity index (χ2v) is 5.44. The van der Waals surface area contributed by atoms with E-state index in [9.17, 15) is 9.59 Å². The van der Waals surface area contributed by atoms with Gasteiger partial charge in [-0.1, -0.05) is 5.16 Å². The molecule has 1 aromatic rings. The van der Waals surface area contributed by atoms with E-state index in [-0.39, 0.29) is 24.2 Å². The minimum absolute atomic E-state index is 0.102. The van der Waals surface area contributed by atoms with Gasteiger partial charge in [0.2, 0.25) is 11.8 Å². The maximum atomic E-state index is 12.4.